The Hall–Kier alpha value is -0.930. The van der Waals surface area contributed by atoms with E-state index in [2.05, 4.69) is 0 Å². The number of benzene rings is 1. The molecule has 0 aliphatic heterocycles. The monoisotopic (exact) mass is 225 g/mol. The van der Waals surface area contributed by atoms with Crippen molar-refractivity contribution in [2.24, 2.45) is 5.73 Å². The summed E-state index contributed by atoms with van der Waals surface area (Å²) in [5.41, 5.74) is 6.63. The average molecular weight is 225 g/mol. The Morgan fingerprint density at radius 3 is 2.38 bits per heavy atom. The number of hydrogen-bond donors (Lipinski definition) is 1. The van der Waals surface area contributed by atoms with Crippen molar-refractivity contribution in [3.8, 4) is 0 Å². The van der Waals surface area contributed by atoms with Gasteiger partial charge in [-0.15, -0.1) is 0 Å². The van der Waals surface area contributed by atoms with Crippen LogP contribution >= 0.6 is 0 Å². The summed E-state index contributed by atoms with van der Waals surface area (Å²) in [6, 6.07) is 6.32. The summed E-state index contributed by atoms with van der Waals surface area (Å²) < 4.78 is 18.2. The van der Waals surface area contributed by atoms with Crippen LogP contribution in [0.5, 0.6) is 0 Å². The Labute approximate surface area is 96.6 Å². The largest absolute Gasteiger partial charge is 0.379 e. The van der Waals surface area contributed by atoms with Crippen LogP contribution in [0.15, 0.2) is 24.3 Å². The summed E-state index contributed by atoms with van der Waals surface area (Å²) in [6.07, 6.45) is 0.931. The fourth-order valence-electron chi connectivity index (χ4n) is 1.48. The first-order valence-corrected chi connectivity index (χ1v) is 5.58. The van der Waals surface area contributed by atoms with Crippen LogP contribution in [-0.4, -0.2) is 12.7 Å². The maximum absolute atomic E-state index is 12.8. The molecule has 2 N–H and O–H groups in total. The molecule has 1 unspecified atom stereocenters. The molecule has 1 aromatic carbocycles. The Morgan fingerprint density at radius 2 is 1.88 bits per heavy atom. The molecule has 1 atom stereocenters. The van der Waals surface area contributed by atoms with Crippen LogP contribution < -0.4 is 5.73 Å². The van der Waals surface area contributed by atoms with Gasteiger partial charge in [0.1, 0.15) is 5.82 Å². The second kappa shape index (κ2) is 5.41. The standard InChI is InChI=1S/C13H20FNO/c1-10(2)16-9-8-13(3,15)11-4-6-12(14)7-5-11/h4-7,10H,8-9,15H2,1-3H3. The highest BCUT2D eigenvalue weighted by atomic mass is 19.1. The fraction of sp³-hybridized carbons (Fsp3) is 0.538. The van der Waals surface area contributed by atoms with Crippen LogP contribution in [0.3, 0.4) is 0 Å². The van der Waals surface area contributed by atoms with E-state index in [4.69, 9.17) is 10.5 Å². The maximum Gasteiger partial charge on any atom is 0.123 e. The summed E-state index contributed by atoms with van der Waals surface area (Å²) in [5.74, 6) is -0.238. The van der Waals surface area contributed by atoms with E-state index in [1.165, 1.54) is 12.1 Å². The zero-order valence-corrected chi connectivity index (χ0v) is 10.2. The van der Waals surface area contributed by atoms with Crippen molar-refractivity contribution in [2.45, 2.75) is 38.8 Å². The highest BCUT2D eigenvalue weighted by Gasteiger charge is 2.20. The first-order valence-electron chi connectivity index (χ1n) is 5.58. The van der Waals surface area contributed by atoms with Gasteiger partial charge in [0, 0.05) is 12.1 Å². The molecule has 0 saturated heterocycles. The third kappa shape index (κ3) is 3.91. The van der Waals surface area contributed by atoms with Gasteiger partial charge in [-0.1, -0.05) is 12.1 Å². The van der Waals surface area contributed by atoms with Crippen LogP contribution in [0.4, 0.5) is 4.39 Å². The summed E-state index contributed by atoms with van der Waals surface area (Å²) >= 11 is 0. The smallest absolute Gasteiger partial charge is 0.123 e. The van der Waals surface area contributed by atoms with Crippen LogP contribution in [0.25, 0.3) is 0 Å². The van der Waals surface area contributed by atoms with Crippen LogP contribution in [0, 0.1) is 5.82 Å². The molecule has 0 aromatic heterocycles. The third-order valence-electron chi connectivity index (χ3n) is 2.58. The Bertz CT molecular complexity index is 319. The molecule has 0 amide bonds. The summed E-state index contributed by atoms with van der Waals surface area (Å²) in [4.78, 5) is 0. The second-order valence-electron chi connectivity index (χ2n) is 4.59. The number of nitrogens with two attached hydrogens (primary N) is 1. The van der Waals surface area contributed by atoms with Gasteiger partial charge in [0.05, 0.1) is 6.10 Å². The maximum atomic E-state index is 12.8. The van der Waals surface area contributed by atoms with E-state index in [1.54, 1.807) is 12.1 Å². The van der Waals surface area contributed by atoms with Crippen molar-refractivity contribution < 1.29 is 9.13 Å². The lowest BCUT2D eigenvalue weighted by atomic mass is 9.90. The highest BCUT2D eigenvalue weighted by Crippen LogP contribution is 2.21. The minimum atomic E-state index is -0.470. The van der Waals surface area contributed by atoms with Crippen LogP contribution in [0.2, 0.25) is 0 Å². The number of halogens is 1. The van der Waals surface area contributed by atoms with Gasteiger partial charge in [0.15, 0.2) is 0 Å². The Kier molecular flexibility index (Phi) is 4.44. The van der Waals surface area contributed by atoms with Gasteiger partial charge >= 0.3 is 0 Å². The molecule has 16 heavy (non-hydrogen) atoms. The molecular weight excluding hydrogens is 205 g/mol. The lowest BCUT2D eigenvalue weighted by Crippen LogP contribution is -2.34. The Morgan fingerprint density at radius 1 is 1.31 bits per heavy atom. The number of rotatable bonds is 5. The molecule has 1 rings (SSSR count). The molecule has 0 spiro atoms. The zero-order chi connectivity index (χ0) is 12.2. The molecule has 3 heteroatoms. The van der Waals surface area contributed by atoms with Gasteiger partial charge in [-0.2, -0.15) is 0 Å². The molecule has 0 radical (unpaired) electrons. The zero-order valence-electron chi connectivity index (χ0n) is 10.2. The van der Waals surface area contributed by atoms with Gasteiger partial charge in [0.2, 0.25) is 0 Å². The normalized spacial score (nSPS) is 15.1. The SMILES string of the molecule is CC(C)OCCC(C)(N)c1ccc(F)cc1. The predicted molar refractivity (Wildman–Crippen MR) is 63.6 cm³/mol. The topological polar surface area (TPSA) is 35.2 Å². The highest BCUT2D eigenvalue weighted by molar-refractivity contribution is 5.23. The van der Waals surface area contributed by atoms with Gasteiger partial charge in [-0.05, 0) is 44.9 Å². The van der Waals surface area contributed by atoms with E-state index >= 15 is 0 Å². The summed E-state index contributed by atoms with van der Waals surface area (Å²) in [6.45, 7) is 6.53. The summed E-state index contributed by atoms with van der Waals surface area (Å²) in [7, 11) is 0. The van der Waals surface area contributed by atoms with E-state index in [9.17, 15) is 4.39 Å². The third-order valence-corrected chi connectivity index (χ3v) is 2.58. The molecule has 90 valence electrons. The lowest BCUT2D eigenvalue weighted by molar-refractivity contribution is 0.0660. The van der Waals surface area contributed by atoms with Gasteiger partial charge < -0.3 is 10.5 Å². The molecule has 0 aliphatic carbocycles. The Balaban J connectivity index is 2.59. The molecule has 2 nitrogen and oxygen atoms in total. The first-order chi connectivity index (χ1) is 7.42. The number of hydrogen-bond acceptors (Lipinski definition) is 2. The van der Waals surface area contributed by atoms with E-state index in [0.29, 0.717) is 6.61 Å². The van der Waals surface area contributed by atoms with E-state index in [0.717, 1.165) is 12.0 Å². The van der Waals surface area contributed by atoms with E-state index in [1.807, 2.05) is 20.8 Å². The summed E-state index contributed by atoms with van der Waals surface area (Å²) in [5, 5.41) is 0. The van der Waals surface area contributed by atoms with Crippen LogP contribution in [0.1, 0.15) is 32.8 Å². The molecule has 0 saturated carbocycles. The first kappa shape index (κ1) is 13.1. The van der Waals surface area contributed by atoms with Crippen molar-refractivity contribution in [1.82, 2.24) is 0 Å². The quantitative estimate of drug-likeness (QED) is 0.836. The average Bonchev–Trinajstić information content (AvgIpc) is 2.17. The molecule has 0 bridgehead atoms. The minimum absolute atomic E-state index is 0.212. The van der Waals surface area contributed by atoms with Crippen molar-refractivity contribution in [2.75, 3.05) is 6.61 Å². The lowest BCUT2D eigenvalue weighted by Gasteiger charge is -2.25. The predicted octanol–water partition coefficient (Wildman–Crippen LogP) is 2.81. The van der Waals surface area contributed by atoms with Crippen molar-refractivity contribution in [3.63, 3.8) is 0 Å². The van der Waals surface area contributed by atoms with Gasteiger partial charge in [-0.25, -0.2) is 4.39 Å². The van der Waals surface area contributed by atoms with Crippen molar-refractivity contribution >= 4 is 0 Å². The minimum Gasteiger partial charge on any atom is -0.379 e. The fourth-order valence-corrected chi connectivity index (χ4v) is 1.48. The van der Waals surface area contributed by atoms with Crippen molar-refractivity contribution in [1.29, 1.82) is 0 Å². The van der Waals surface area contributed by atoms with Crippen LogP contribution in [-0.2, 0) is 10.3 Å². The second-order valence-corrected chi connectivity index (χ2v) is 4.59. The van der Waals surface area contributed by atoms with E-state index < -0.39 is 5.54 Å². The number of ether oxygens (including phenoxy) is 1. The molecule has 0 heterocycles. The molecule has 1 aromatic rings. The van der Waals surface area contributed by atoms with Gasteiger partial charge in [0.25, 0.3) is 0 Å². The van der Waals surface area contributed by atoms with Crippen molar-refractivity contribution in [3.05, 3.63) is 35.6 Å². The molecule has 0 aliphatic rings. The molecule has 0 fully saturated rings. The molecular formula is C13H20FNO. The van der Waals surface area contributed by atoms with Gasteiger partial charge in [-0.3, -0.25) is 0 Å². The van der Waals surface area contributed by atoms with E-state index in [-0.39, 0.29) is 11.9 Å².